The Labute approximate surface area is 83.5 Å². The maximum atomic E-state index is 2.62. The van der Waals surface area contributed by atoms with Crippen molar-refractivity contribution in [2.75, 3.05) is 19.6 Å². The second-order valence-electron chi connectivity index (χ2n) is 6.12. The lowest BCUT2D eigenvalue weighted by Gasteiger charge is -2.41. The molecule has 0 bridgehead atoms. The Kier molecular flexibility index (Phi) is 3.06. The van der Waals surface area contributed by atoms with Gasteiger partial charge in [0, 0.05) is 6.54 Å². The molecule has 0 aliphatic carbocycles. The van der Waals surface area contributed by atoms with E-state index < -0.39 is 0 Å². The molecule has 78 valence electrons. The molecule has 0 aromatic rings. The van der Waals surface area contributed by atoms with E-state index in [4.69, 9.17) is 0 Å². The standard InChI is InChI=1S/C12H25N/c1-11(2,3)12(4,5)10-13-8-6-7-9-13/h6-10H2,1-5H3. The summed E-state index contributed by atoms with van der Waals surface area (Å²) in [4.78, 5) is 2.62. The maximum absolute atomic E-state index is 2.62. The van der Waals surface area contributed by atoms with Gasteiger partial charge < -0.3 is 4.90 Å². The largest absolute Gasteiger partial charge is 0.303 e. The Morgan fingerprint density at radius 2 is 1.38 bits per heavy atom. The minimum atomic E-state index is 0.412. The lowest BCUT2D eigenvalue weighted by Crippen LogP contribution is -2.40. The van der Waals surface area contributed by atoms with Gasteiger partial charge in [-0.1, -0.05) is 34.6 Å². The molecule has 0 N–H and O–H groups in total. The molecule has 0 unspecified atom stereocenters. The third-order valence-electron chi connectivity index (χ3n) is 3.85. The van der Waals surface area contributed by atoms with Gasteiger partial charge in [0.15, 0.2) is 0 Å². The monoisotopic (exact) mass is 183 g/mol. The quantitative estimate of drug-likeness (QED) is 0.635. The summed E-state index contributed by atoms with van der Waals surface area (Å²) >= 11 is 0. The van der Waals surface area contributed by atoms with Gasteiger partial charge in [-0.25, -0.2) is 0 Å². The summed E-state index contributed by atoms with van der Waals surface area (Å²) in [5.74, 6) is 0. The summed E-state index contributed by atoms with van der Waals surface area (Å²) in [6.45, 7) is 15.7. The molecule has 0 radical (unpaired) electrons. The summed E-state index contributed by atoms with van der Waals surface area (Å²) in [6, 6.07) is 0. The molecule has 1 saturated heterocycles. The van der Waals surface area contributed by atoms with Crippen LogP contribution in [0.4, 0.5) is 0 Å². The molecule has 0 aromatic heterocycles. The highest BCUT2D eigenvalue weighted by molar-refractivity contribution is 4.86. The van der Waals surface area contributed by atoms with Gasteiger partial charge in [0.05, 0.1) is 0 Å². The summed E-state index contributed by atoms with van der Waals surface area (Å²) in [5, 5.41) is 0. The van der Waals surface area contributed by atoms with Crippen molar-refractivity contribution in [1.29, 1.82) is 0 Å². The van der Waals surface area contributed by atoms with E-state index >= 15 is 0 Å². The van der Waals surface area contributed by atoms with Crippen molar-refractivity contribution >= 4 is 0 Å². The molecule has 1 rings (SSSR count). The molecule has 1 aliphatic rings. The van der Waals surface area contributed by atoms with Gasteiger partial charge in [-0.15, -0.1) is 0 Å². The summed E-state index contributed by atoms with van der Waals surface area (Å²) < 4.78 is 0. The van der Waals surface area contributed by atoms with Gasteiger partial charge in [0.25, 0.3) is 0 Å². The first kappa shape index (κ1) is 11.0. The third kappa shape index (κ3) is 2.70. The normalized spacial score (nSPS) is 21.0. The molecule has 1 aliphatic heterocycles. The van der Waals surface area contributed by atoms with E-state index in [9.17, 15) is 0 Å². The summed E-state index contributed by atoms with van der Waals surface area (Å²) in [6.07, 6.45) is 2.81. The van der Waals surface area contributed by atoms with E-state index in [0.717, 1.165) is 0 Å². The van der Waals surface area contributed by atoms with Crippen molar-refractivity contribution in [3.8, 4) is 0 Å². The Morgan fingerprint density at radius 1 is 0.923 bits per heavy atom. The molecule has 13 heavy (non-hydrogen) atoms. The van der Waals surface area contributed by atoms with E-state index in [-0.39, 0.29) is 0 Å². The highest BCUT2D eigenvalue weighted by Gasteiger charge is 2.34. The molecule has 1 fully saturated rings. The fourth-order valence-corrected chi connectivity index (χ4v) is 1.74. The van der Waals surface area contributed by atoms with Crippen LogP contribution in [0, 0.1) is 10.8 Å². The minimum Gasteiger partial charge on any atom is -0.303 e. The first-order valence-electron chi connectivity index (χ1n) is 5.55. The molecule has 0 aromatic carbocycles. The fraction of sp³-hybridized carbons (Fsp3) is 1.00. The van der Waals surface area contributed by atoms with Crippen molar-refractivity contribution in [2.24, 2.45) is 10.8 Å². The highest BCUT2D eigenvalue weighted by Crippen LogP contribution is 2.38. The molecule has 0 atom stereocenters. The predicted octanol–water partition coefficient (Wildman–Crippen LogP) is 3.15. The van der Waals surface area contributed by atoms with E-state index in [2.05, 4.69) is 39.5 Å². The molecular formula is C12H25N. The van der Waals surface area contributed by atoms with Crippen LogP contribution in [0.15, 0.2) is 0 Å². The number of likely N-dealkylation sites (tertiary alicyclic amines) is 1. The number of hydrogen-bond donors (Lipinski definition) is 0. The summed E-state index contributed by atoms with van der Waals surface area (Å²) in [5.41, 5.74) is 0.840. The molecule has 1 nitrogen and oxygen atoms in total. The molecule has 0 amide bonds. The average Bonchev–Trinajstić information content (AvgIpc) is 2.35. The van der Waals surface area contributed by atoms with Gasteiger partial charge in [0.1, 0.15) is 0 Å². The second kappa shape index (κ2) is 3.61. The molecule has 1 heteroatoms. The van der Waals surface area contributed by atoms with Crippen molar-refractivity contribution in [1.82, 2.24) is 4.90 Å². The van der Waals surface area contributed by atoms with Crippen molar-refractivity contribution in [3.63, 3.8) is 0 Å². The first-order chi connectivity index (χ1) is 5.83. The number of hydrogen-bond acceptors (Lipinski definition) is 1. The van der Waals surface area contributed by atoms with Gasteiger partial charge in [-0.05, 0) is 36.8 Å². The van der Waals surface area contributed by atoms with Crippen LogP contribution in [0.1, 0.15) is 47.5 Å². The average molecular weight is 183 g/mol. The van der Waals surface area contributed by atoms with Crippen LogP contribution in [-0.4, -0.2) is 24.5 Å². The Morgan fingerprint density at radius 3 is 1.77 bits per heavy atom. The number of nitrogens with zero attached hydrogens (tertiary/aromatic N) is 1. The van der Waals surface area contributed by atoms with Crippen LogP contribution in [0.25, 0.3) is 0 Å². The molecule has 0 saturated carbocycles. The fourth-order valence-electron chi connectivity index (χ4n) is 1.74. The van der Waals surface area contributed by atoms with Crippen molar-refractivity contribution < 1.29 is 0 Å². The smallest absolute Gasteiger partial charge is 0.00377 e. The Balaban J connectivity index is 2.50. The van der Waals surface area contributed by atoms with Crippen molar-refractivity contribution in [2.45, 2.75) is 47.5 Å². The van der Waals surface area contributed by atoms with E-state index in [1.165, 1.54) is 32.5 Å². The molecular weight excluding hydrogens is 158 g/mol. The van der Waals surface area contributed by atoms with Gasteiger partial charge in [0.2, 0.25) is 0 Å². The Hall–Kier alpha value is -0.0400. The zero-order chi connectivity index (χ0) is 10.1. The van der Waals surface area contributed by atoms with Crippen LogP contribution in [0.5, 0.6) is 0 Å². The topological polar surface area (TPSA) is 3.24 Å². The highest BCUT2D eigenvalue weighted by atomic mass is 15.1. The van der Waals surface area contributed by atoms with Crippen LogP contribution < -0.4 is 0 Å². The van der Waals surface area contributed by atoms with Gasteiger partial charge in [-0.2, -0.15) is 0 Å². The van der Waals surface area contributed by atoms with Crippen molar-refractivity contribution in [3.05, 3.63) is 0 Å². The summed E-state index contributed by atoms with van der Waals surface area (Å²) in [7, 11) is 0. The third-order valence-corrected chi connectivity index (χ3v) is 3.85. The van der Waals surface area contributed by atoms with Crippen LogP contribution in [0.3, 0.4) is 0 Å². The van der Waals surface area contributed by atoms with E-state index in [0.29, 0.717) is 10.8 Å². The van der Waals surface area contributed by atoms with E-state index in [1.54, 1.807) is 0 Å². The lowest BCUT2D eigenvalue weighted by atomic mass is 9.69. The number of rotatable bonds is 2. The SMILES string of the molecule is CC(C)(C)C(C)(C)CN1CCCC1. The molecule has 1 heterocycles. The first-order valence-corrected chi connectivity index (χ1v) is 5.55. The Bertz CT molecular complexity index is 158. The zero-order valence-corrected chi connectivity index (χ0v) is 9.98. The minimum absolute atomic E-state index is 0.412. The van der Waals surface area contributed by atoms with E-state index in [1.807, 2.05) is 0 Å². The predicted molar refractivity (Wildman–Crippen MR) is 58.9 cm³/mol. The van der Waals surface area contributed by atoms with Crippen LogP contribution in [0.2, 0.25) is 0 Å². The van der Waals surface area contributed by atoms with Crippen LogP contribution >= 0.6 is 0 Å². The second-order valence-corrected chi connectivity index (χ2v) is 6.12. The van der Waals surface area contributed by atoms with Gasteiger partial charge >= 0.3 is 0 Å². The van der Waals surface area contributed by atoms with Crippen LogP contribution in [-0.2, 0) is 0 Å². The van der Waals surface area contributed by atoms with Gasteiger partial charge in [-0.3, -0.25) is 0 Å². The zero-order valence-electron chi connectivity index (χ0n) is 9.98. The lowest BCUT2D eigenvalue weighted by molar-refractivity contribution is 0.0812. The molecule has 0 spiro atoms. The maximum Gasteiger partial charge on any atom is 0.00377 e.